The molecule has 0 N–H and O–H groups in total. The van der Waals surface area contributed by atoms with E-state index in [1.807, 2.05) is 48.5 Å². The van der Waals surface area contributed by atoms with E-state index >= 15 is 0 Å². The lowest BCUT2D eigenvalue weighted by Gasteiger charge is -2.14. The minimum absolute atomic E-state index is 0.801. The molecule has 4 heteroatoms. The van der Waals surface area contributed by atoms with Crippen LogP contribution in [0.5, 0.6) is 0 Å². The molecule has 0 bridgehead atoms. The molecule has 188 valence electrons. The van der Waals surface area contributed by atoms with E-state index in [1.165, 1.54) is 0 Å². The number of furan rings is 1. The molecule has 2 heterocycles. The van der Waals surface area contributed by atoms with Gasteiger partial charge in [0.2, 0.25) is 0 Å². The van der Waals surface area contributed by atoms with Crippen molar-refractivity contribution in [2.24, 2.45) is 0 Å². The first-order valence-electron chi connectivity index (χ1n) is 13.4. The summed E-state index contributed by atoms with van der Waals surface area (Å²) in [4.78, 5) is 0. The lowest BCUT2D eigenvalue weighted by molar-refractivity contribution is 0.670. The number of nitrogens with zero attached hydrogens (tertiary/aromatic N) is 3. The van der Waals surface area contributed by atoms with E-state index in [0.717, 1.165) is 72.3 Å². The second-order valence-corrected chi connectivity index (χ2v) is 9.87. The van der Waals surface area contributed by atoms with Crippen LogP contribution in [0.4, 0.5) is 0 Å². The fraction of sp³-hybridized carbons (Fsp3) is 0. The van der Waals surface area contributed by atoms with Crippen molar-refractivity contribution in [3.05, 3.63) is 140 Å². The maximum Gasteiger partial charge on any atom is 0.169 e. The smallest absolute Gasteiger partial charge is 0.169 e. The summed E-state index contributed by atoms with van der Waals surface area (Å²) >= 11 is 0. The predicted molar refractivity (Wildman–Crippen MR) is 162 cm³/mol. The number of hydrogen-bond acceptors (Lipinski definition) is 3. The third-order valence-electron chi connectivity index (χ3n) is 7.57. The van der Waals surface area contributed by atoms with Gasteiger partial charge in [0, 0.05) is 33.2 Å². The summed E-state index contributed by atoms with van der Waals surface area (Å²) in [6, 6.07) is 48.0. The summed E-state index contributed by atoms with van der Waals surface area (Å²) in [6.07, 6.45) is 0. The van der Waals surface area contributed by atoms with E-state index in [-0.39, 0.29) is 0 Å². The highest BCUT2D eigenvalue weighted by molar-refractivity contribution is 6.13. The molecule has 0 saturated carbocycles. The van der Waals surface area contributed by atoms with Crippen LogP contribution in [0.3, 0.4) is 0 Å². The number of fused-ring (bicyclic) bond motifs is 4. The Bertz CT molecular complexity index is 2160. The maximum absolute atomic E-state index is 6.40. The molecule has 0 radical (unpaired) electrons. The first-order chi connectivity index (χ1) is 19.9. The first-order valence-corrected chi connectivity index (χ1v) is 13.4. The van der Waals surface area contributed by atoms with E-state index in [4.69, 9.17) is 9.52 Å². The number of hydrogen-bond donors (Lipinski definition) is 0. The molecule has 0 spiro atoms. The molecule has 8 aromatic rings. The van der Waals surface area contributed by atoms with E-state index in [2.05, 4.69) is 101 Å². The van der Waals surface area contributed by atoms with Crippen LogP contribution in [0.15, 0.2) is 144 Å². The Morgan fingerprint density at radius 3 is 1.82 bits per heavy atom. The maximum atomic E-state index is 6.40. The molecular formula is C36H23N3O. The minimum Gasteiger partial charge on any atom is -0.455 e. The van der Waals surface area contributed by atoms with Gasteiger partial charge in [-0.3, -0.25) is 4.57 Å². The Balaban J connectivity index is 1.38. The summed E-state index contributed by atoms with van der Waals surface area (Å²) in [6.45, 7) is 0. The molecule has 0 aliphatic heterocycles. The van der Waals surface area contributed by atoms with Crippen molar-refractivity contribution in [1.29, 1.82) is 0 Å². The standard InChI is InChI=1S/C36H23N3O/c1-3-12-24(13-4-1)35-37-38-36(39(35)25-14-5-2-6-15-25)32-23-22-28(26-16-7-8-17-27(26)32)30-19-11-20-31-29-18-9-10-21-33(29)40-34(30)31/h1-23H. The molecule has 40 heavy (non-hydrogen) atoms. The lowest BCUT2D eigenvalue weighted by atomic mass is 9.93. The molecule has 0 amide bonds. The largest absolute Gasteiger partial charge is 0.455 e. The molecule has 6 aromatic carbocycles. The van der Waals surface area contributed by atoms with Crippen LogP contribution in [-0.4, -0.2) is 14.8 Å². The summed E-state index contributed by atoms with van der Waals surface area (Å²) in [5.74, 6) is 1.61. The van der Waals surface area contributed by atoms with Gasteiger partial charge in [0.05, 0.1) is 0 Å². The number of benzene rings is 6. The van der Waals surface area contributed by atoms with Gasteiger partial charge in [0.1, 0.15) is 11.2 Å². The Kier molecular flexibility index (Phi) is 5.10. The molecule has 0 aliphatic carbocycles. The second kappa shape index (κ2) is 9.07. The number of aromatic nitrogens is 3. The summed E-state index contributed by atoms with van der Waals surface area (Å²) < 4.78 is 8.55. The van der Waals surface area contributed by atoms with Crippen molar-refractivity contribution in [2.45, 2.75) is 0 Å². The van der Waals surface area contributed by atoms with Gasteiger partial charge in [0.15, 0.2) is 11.6 Å². The van der Waals surface area contributed by atoms with Crippen LogP contribution in [0.1, 0.15) is 0 Å². The normalized spacial score (nSPS) is 11.5. The van der Waals surface area contributed by atoms with Gasteiger partial charge < -0.3 is 4.42 Å². The van der Waals surface area contributed by atoms with Crippen LogP contribution < -0.4 is 0 Å². The zero-order valence-electron chi connectivity index (χ0n) is 21.5. The third-order valence-corrected chi connectivity index (χ3v) is 7.57. The molecule has 0 atom stereocenters. The van der Waals surface area contributed by atoms with Crippen LogP contribution in [0, 0.1) is 0 Å². The van der Waals surface area contributed by atoms with Gasteiger partial charge in [-0.2, -0.15) is 0 Å². The second-order valence-electron chi connectivity index (χ2n) is 9.87. The van der Waals surface area contributed by atoms with Crippen molar-refractivity contribution >= 4 is 32.7 Å². The highest BCUT2D eigenvalue weighted by Gasteiger charge is 2.21. The highest BCUT2D eigenvalue weighted by atomic mass is 16.3. The number of rotatable bonds is 4. The fourth-order valence-electron chi connectivity index (χ4n) is 5.74. The Morgan fingerprint density at radius 2 is 1.02 bits per heavy atom. The van der Waals surface area contributed by atoms with Gasteiger partial charge in [-0.25, -0.2) is 0 Å². The average molecular weight is 514 g/mol. The van der Waals surface area contributed by atoms with Crippen molar-refractivity contribution in [3.8, 4) is 39.6 Å². The molecule has 2 aromatic heterocycles. The molecule has 0 fully saturated rings. The monoisotopic (exact) mass is 513 g/mol. The molecule has 4 nitrogen and oxygen atoms in total. The Hall–Kier alpha value is -5.48. The highest BCUT2D eigenvalue weighted by Crippen LogP contribution is 2.41. The quantitative estimate of drug-likeness (QED) is 0.235. The van der Waals surface area contributed by atoms with Crippen molar-refractivity contribution < 1.29 is 4.42 Å². The number of para-hydroxylation sites is 3. The summed E-state index contributed by atoms with van der Waals surface area (Å²) in [7, 11) is 0. The lowest BCUT2D eigenvalue weighted by Crippen LogP contribution is -2.00. The van der Waals surface area contributed by atoms with Crippen molar-refractivity contribution in [1.82, 2.24) is 14.8 Å². The van der Waals surface area contributed by atoms with Crippen molar-refractivity contribution in [2.75, 3.05) is 0 Å². The zero-order chi connectivity index (χ0) is 26.5. The molecular weight excluding hydrogens is 490 g/mol. The van der Waals surface area contributed by atoms with E-state index in [0.29, 0.717) is 0 Å². The molecule has 0 saturated heterocycles. The SMILES string of the molecule is c1ccc(-c2nnc(-c3ccc(-c4cccc5c4oc4ccccc45)c4ccccc34)n2-c2ccccc2)cc1. The summed E-state index contributed by atoms with van der Waals surface area (Å²) in [5, 5.41) is 14.0. The van der Waals surface area contributed by atoms with Gasteiger partial charge in [0.25, 0.3) is 0 Å². The predicted octanol–water partition coefficient (Wildman–Crippen LogP) is 9.32. The Labute approximate surface area is 230 Å². The molecule has 8 rings (SSSR count). The average Bonchev–Trinajstić information content (AvgIpc) is 3.64. The van der Waals surface area contributed by atoms with Crippen LogP contribution in [0.2, 0.25) is 0 Å². The van der Waals surface area contributed by atoms with Crippen LogP contribution in [0.25, 0.3) is 72.3 Å². The van der Waals surface area contributed by atoms with E-state index in [1.54, 1.807) is 0 Å². The van der Waals surface area contributed by atoms with Crippen LogP contribution in [-0.2, 0) is 0 Å². The van der Waals surface area contributed by atoms with E-state index < -0.39 is 0 Å². The van der Waals surface area contributed by atoms with Gasteiger partial charge >= 0.3 is 0 Å². The summed E-state index contributed by atoms with van der Waals surface area (Å²) in [5.41, 5.74) is 7.05. The van der Waals surface area contributed by atoms with Gasteiger partial charge in [-0.1, -0.05) is 115 Å². The minimum atomic E-state index is 0.801. The molecule has 0 unspecified atom stereocenters. The molecule has 0 aliphatic rings. The fourth-order valence-corrected chi connectivity index (χ4v) is 5.74. The van der Waals surface area contributed by atoms with Crippen LogP contribution >= 0.6 is 0 Å². The van der Waals surface area contributed by atoms with Gasteiger partial charge in [-0.15, -0.1) is 10.2 Å². The topological polar surface area (TPSA) is 43.9 Å². The Morgan fingerprint density at radius 1 is 0.425 bits per heavy atom. The van der Waals surface area contributed by atoms with Crippen molar-refractivity contribution in [3.63, 3.8) is 0 Å². The third kappa shape index (κ3) is 3.47. The first kappa shape index (κ1) is 22.5. The van der Waals surface area contributed by atoms with Gasteiger partial charge in [-0.05, 0) is 40.6 Å². The zero-order valence-corrected chi connectivity index (χ0v) is 21.5. The van der Waals surface area contributed by atoms with E-state index in [9.17, 15) is 0 Å².